The fourth-order valence-corrected chi connectivity index (χ4v) is 4.61. The predicted octanol–water partition coefficient (Wildman–Crippen LogP) is 3.16. The van der Waals surface area contributed by atoms with Crippen LogP contribution in [0.1, 0.15) is 34.5 Å². The van der Waals surface area contributed by atoms with Crippen LogP contribution in [0.15, 0.2) is 47.4 Å². The lowest BCUT2D eigenvalue weighted by Crippen LogP contribution is -2.40. The maximum absolute atomic E-state index is 12.9. The molecule has 1 atom stereocenters. The molecule has 0 radical (unpaired) electrons. The Bertz CT molecular complexity index is 955. The Hall–Kier alpha value is -1.93. The molecule has 2 aromatic rings. The highest BCUT2D eigenvalue weighted by Gasteiger charge is 2.27. The fourth-order valence-electron chi connectivity index (χ4n) is 3.05. The SMILES string of the molecule is Cc1ccc(S(=O)(=O)N2CCOCC2)cc1C(=O)N[C@@H](C)c1ccc(Cl)cc1. The van der Waals surface area contributed by atoms with E-state index >= 15 is 0 Å². The fraction of sp³-hybridized carbons (Fsp3) is 0.350. The first-order chi connectivity index (χ1) is 13.3. The van der Waals surface area contributed by atoms with Crippen molar-refractivity contribution in [2.75, 3.05) is 26.3 Å². The van der Waals surface area contributed by atoms with Gasteiger partial charge >= 0.3 is 0 Å². The van der Waals surface area contributed by atoms with Gasteiger partial charge in [-0.25, -0.2) is 8.42 Å². The highest BCUT2D eigenvalue weighted by molar-refractivity contribution is 7.89. The average molecular weight is 423 g/mol. The summed E-state index contributed by atoms with van der Waals surface area (Å²) in [7, 11) is -3.66. The van der Waals surface area contributed by atoms with Gasteiger partial charge in [0.2, 0.25) is 10.0 Å². The average Bonchev–Trinajstić information content (AvgIpc) is 2.69. The summed E-state index contributed by atoms with van der Waals surface area (Å²) in [4.78, 5) is 12.9. The smallest absolute Gasteiger partial charge is 0.252 e. The lowest BCUT2D eigenvalue weighted by molar-refractivity contribution is 0.0730. The third-order valence-corrected chi connectivity index (χ3v) is 6.93. The molecule has 1 aliphatic heterocycles. The zero-order valence-corrected chi connectivity index (χ0v) is 17.4. The summed E-state index contributed by atoms with van der Waals surface area (Å²) < 4.78 is 32.4. The Morgan fingerprint density at radius 2 is 1.79 bits per heavy atom. The van der Waals surface area contributed by atoms with Crippen LogP contribution in [0.2, 0.25) is 5.02 Å². The van der Waals surface area contributed by atoms with E-state index in [1.165, 1.54) is 10.4 Å². The number of nitrogens with one attached hydrogen (secondary N) is 1. The Kier molecular flexibility index (Phi) is 6.40. The number of hydrogen-bond acceptors (Lipinski definition) is 4. The first-order valence-electron chi connectivity index (χ1n) is 9.04. The van der Waals surface area contributed by atoms with Crippen molar-refractivity contribution < 1.29 is 17.9 Å². The summed E-state index contributed by atoms with van der Waals surface area (Å²) in [6.45, 7) is 5.02. The maximum Gasteiger partial charge on any atom is 0.252 e. The number of ether oxygens (including phenoxy) is 1. The van der Waals surface area contributed by atoms with Gasteiger partial charge in [0.25, 0.3) is 5.91 Å². The molecule has 1 amide bonds. The molecule has 0 saturated carbocycles. The molecule has 1 heterocycles. The Balaban J connectivity index is 1.82. The van der Waals surface area contributed by atoms with Crippen LogP contribution in [0.5, 0.6) is 0 Å². The van der Waals surface area contributed by atoms with Gasteiger partial charge in [-0.05, 0) is 49.2 Å². The van der Waals surface area contributed by atoms with Crippen molar-refractivity contribution in [3.63, 3.8) is 0 Å². The van der Waals surface area contributed by atoms with Crippen LogP contribution in [0.25, 0.3) is 0 Å². The second-order valence-electron chi connectivity index (χ2n) is 6.74. The summed E-state index contributed by atoms with van der Waals surface area (Å²) in [6.07, 6.45) is 0. The quantitative estimate of drug-likeness (QED) is 0.803. The molecule has 2 aromatic carbocycles. The molecule has 1 N–H and O–H groups in total. The zero-order valence-electron chi connectivity index (χ0n) is 15.8. The van der Waals surface area contributed by atoms with Gasteiger partial charge in [-0.3, -0.25) is 4.79 Å². The van der Waals surface area contributed by atoms with Gasteiger partial charge < -0.3 is 10.1 Å². The number of nitrogens with zero attached hydrogens (tertiary/aromatic N) is 1. The van der Waals surface area contributed by atoms with Gasteiger partial charge in [0, 0.05) is 23.7 Å². The molecule has 28 heavy (non-hydrogen) atoms. The van der Waals surface area contributed by atoms with E-state index in [-0.39, 0.29) is 16.8 Å². The molecule has 1 aliphatic rings. The van der Waals surface area contributed by atoms with E-state index in [2.05, 4.69) is 5.32 Å². The van der Waals surface area contributed by atoms with Crippen LogP contribution < -0.4 is 5.32 Å². The summed E-state index contributed by atoms with van der Waals surface area (Å²) in [5, 5.41) is 3.54. The van der Waals surface area contributed by atoms with E-state index in [1.807, 2.05) is 19.1 Å². The molecule has 0 unspecified atom stereocenters. The standard InChI is InChI=1S/C20H23ClN2O4S/c1-14-3-8-18(28(25,26)23-9-11-27-12-10-23)13-19(14)20(24)22-15(2)16-4-6-17(21)7-5-16/h3-8,13,15H,9-12H2,1-2H3,(H,22,24)/t15-/m0/s1. The Morgan fingerprint density at radius 3 is 2.43 bits per heavy atom. The molecular weight excluding hydrogens is 400 g/mol. The summed E-state index contributed by atoms with van der Waals surface area (Å²) >= 11 is 5.91. The molecule has 1 saturated heterocycles. The molecule has 0 bridgehead atoms. The number of rotatable bonds is 5. The topological polar surface area (TPSA) is 75.7 Å². The minimum absolute atomic E-state index is 0.115. The van der Waals surface area contributed by atoms with Crippen molar-refractivity contribution >= 4 is 27.5 Å². The number of hydrogen-bond donors (Lipinski definition) is 1. The first kappa shape index (κ1) is 20.8. The summed E-state index contributed by atoms with van der Waals surface area (Å²) in [6, 6.07) is 11.6. The van der Waals surface area contributed by atoms with Gasteiger partial charge in [0.1, 0.15) is 0 Å². The van der Waals surface area contributed by atoms with Gasteiger partial charge in [-0.15, -0.1) is 0 Å². The normalized spacial score (nSPS) is 16.5. The Morgan fingerprint density at radius 1 is 1.14 bits per heavy atom. The van der Waals surface area contributed by atoms with Crippen LogP contribution in [-0.4, -0.2) is 44.9 Å². The second kappa shape index (κ2) is 8.61. The third kappa shape index (κ3) is 4.55. The largest absolute Gasteiger partial charge is 0.379 e. The van der Waals surface area contributed by atoms with Crippen molar-refractivity contribution in [2.24, 2.45) is 0 Å². The number of carbonyl (C=O) groups excluding carboxylic acids is 1. The molecule has 8 heteroatoms. The van der Waals surface area contributed by atoms with Gasteiger partial charge in [0.15, 0.2) is 0 Å². The molecular formula is C20H23ClN2O4S. The second-order valence-corrected chi connectivity index (χ2v) is 9.11. The van der Waals surface area contributed by atoms with E-state index < -0.39 is 10.0 Å². The van der Waals surface area contributed by atoms with E-state index in [1.54, 1.807) is 31.2 Å². The number of morpholine rings is 1. The summed E-state index contributed by atoms with van der Waals surface area (Å²) in [5.41, 5.74) is 1.96. The highest BCUT2D eigenvalue weighted by Crippen LogP contribution is 2.22. The van der Waals surface area contributed by atoms with Crippen molar-refractivity contribution in [1.82, 2.24) is 9.62 Å². The van der Waals surface area contributed by atoms with Crippen LogP contribution in [0.3, 0.4) is 0 Å². The van der Waals surface area contributed by atoms with E-state index in [0.29, 0.717) is 42.5 Å². The van der Waals surface area contributed by atoms with Crippen LogP contribution in [-0.2, 0) is 14.8 Å². The van der Waals surface area contributed by atoms with Crippen LogP contribution in [0.4, 0.5) is 0 Å². The maximum atomic E-state index is 12.9. The molecule has 6 nitrogen and oxygen atoms in total. The third-order valence-electron chi connectivity index (χ3n) is 4.78. The van der Waals surface area contributed by atoms with Gasteiger partial charge in [-0.2, -0.15) is 4.31 Å². The van der Waals surface area contributed by atoms with Crippen molar-refractivity contribution in [3.05, 3.63) is 64.2 Å². The van der Waals surface area contributed by atoms with E-state index in [4.69, 9.17) is 16.3 Å². The van der Waals surface area contributed by atoms with Crippen molar-refractivity contribution in [1.29, 1.82) is 0 Å². The van der Waals surface area contributed by atoms with Crippen molar-refractivity contribution in [3.8, 4) is 0 Å². The predicted molar refractivity (Wildman–Crippen MR) is 108 cm³/mol. The zero-order chi connectivity index (χ0) is 20.3. The number of carbonyl (C=O) groups is 1. The molecule has 0 spiro atoms. The monoisotopic (exact) mass is 422 g/mol. The number of sulfonamides is 1. The van der Waals surface area contributed by atoms with E-state index in [0.717, 1.165) is 5.56 Å². The molecule has 150 valence electrons. The van der Waals surface area contributed by atoms with Crippen molar-refractivity contribution in [2.45, 2.75) is 24.8 Å². The lowest BCUT2D eigenvalue weighted by atomic mass is 10.1. The molecule has 3 rings (SSSR count). The number of aryl methyl sites for hydroxylation is 1. The minimum atomic E-state index is -3.66. The van der Waals surface area contributed by atoms with Gasteiger partial charge in [0.05, 0.1) is 24.2 Å². The summed E-state index contributed by atoms with van der Waals surface area (Å²) in [5.74, 6) is -0.320. The van der Waals surface area contributed by atoms with Crippen LogP contribution in [0, 0.1) is 6.92 Å². The lowest BCUT2D eigenvalue weighted by Gasteiger charge is -2.26. The molecule has 1 fully saturated rings. The first-order valence-corrected chi connectivity index (χ1v) is 10.9. The highest BCUT2D eigenvalue weighted by atomic mass is 35.5. The number of amides is 1. The Labute approximate surface area is 170 Å². The molecule has 0 aromatic heterocycles. The number of benzene rings is 2. The number of halogens is 1. The van der Waals surface area contributed by atoms with E-state index in [9.17, 15) is 13.2 Å². The van der Waals surface area contributed by atoms with Gasteiger partial charge in [-0.1, -0.05) is 29.8 Å². The molecule has 0 aliphatic carbocycles. The van der Waals surface area contributed by atoms with Crippen LogP contribution >= 0.6 is 11.6 Å². The minimum Gasteiger partial charge on any atom is -0.379 e.